The fraction of sp³-hybridized carbons (Fsp3) is 0.500. The van der Waals surface area contributed by atoms with E-state index in [4.69, 9.17) is 14.2 Å². The van der Waals surface area contributed by atoms with Gasteiger partial charge in [0, 0.05) is 45.4 Å². The Morgan fingerprint density at radius 1 is 1.23 bits per heavy atom. The molecule has 0 bridgehead atoms. The Hall–Kier alpha value is -2.61. The van der Waals surface area contributed by atoms with Crippen molar-refractivity contribution in [3.63, 3.8) is 0 Å². The van der Waals surface area contributed by atoms with E-state index in [-0.39, 0.29) is 17.9 Å². The van der Waals surface area contributed by atoms with Gasteiger partial charge in [0.25, 0.3) is 5.91 Å². The number of rotatable bonds is 3. The van der Waals surface area contributed by atoms with Crippen LogP contribution in [0.15, 0.2) is 24.4 Å². The van der Waals surface area contributed by atoms with Crippen molar-refractivity contribution in [2.24, 2.45) is 7.05 Å². The summed E-state index contributed by atoms with van der Waals surface area (Å²) in [6.45, 7) is 2.28. The minimum Gasteiger partial charge on any atom is -0.490 e. The van der Waals surface area contributed by atoms with Crippen LogP contribution in [0.2, 0.25) is 0 Å². The Bertz CT molecular complexity index is 806. The molecule has 2 aliphatic heterocycles. The van der Waals surface area contributed by atoms with E-state index in [2.05, 4.69) is 10.3 Å². The maximum atomic E-state index is 13.0. The number of methoxy groups -OCH3 is 1. The van der Waals surface area contributed by atoms with Gasteiger partial charge in [0.15, 0.2) is 11.5 Å². The quantitative estimate of drug-likeness (QED) is 0.821. The van der Waals surface area contributed by atoms with E-state index >= 15 is 0 Å². The average Bonchev–Trinajstić information content (AvgIpc) is 3.20. The topological polar surface area (TPSA) is 78.7 Å². The molecule has 0 unspecified atom stereocenters. The van der Waals surface area contributed by atoms with Crippen LogP contribution in [0, 0.1) is 0 Å². The molecule has 4 rings (SSSR count). The fourth-order valence-electron chi connectivity index (χ4n) is 3.48. The SMILES string of the molecule is CO[C@@H]1CN(C(=O)c2ccc3c(c2)OCCCO3)C[C@H]1c1cn(C)nn1. The molecule has 3 heterocycles. The van der Waals surface area contributed by atoms with Crippen molar-refractivity contribution >= 4 is 5.91 Å². The second-order valence-electron chi connectivity index (χ2n) is 6.62. The molecule has 8 heteroatoms. The lowest BCUT2D eigenvalue weighted by Gasteiger charge is -2.17. The second kappa shape index (κ2) is 6.95. The van der Waals surface area contributed by atoms with Gasteiger partial charge in [-0.3, -0.25) is 9.48 Å². The lowest BCUT2D eigenvalue weighted by molar-refractivity contribution is 0.0714. The van der Waals surface area contributed by atoms with Gasteiger partial charge in [0.2, 0.25) is 0 Å². The Balaban J connectivity index is 1.54. The van der Waals surface area contributed by atoms with E-state index in [0.717, 1.165) is 12.1 Å². The third-order valence-electron chi connectivity index (χ3n) is 4.85. The smallest absolute Gasteiger partial charge is 0.254 e. The van der Waals surface area contributed by atoms with Gasteiger partial charge in [0.05, 0.1) is 30.9 Å². The first kappa shape index (κ1) is 16.8. The predicted octanol–water partition coefficient (Wildman–Crippen LogP) is 1.23. The average molecular weight is 358 g/mol. The molecule has 0 saturated carbocycles. The van der Waals surface area contributed by atoms with Crippen LogP contribution in [0.5, 0.6) is 11.5 Å². The van der Waals surface area contributed by atoms with E-state index in [0.29, 0.717) is 43.4 Å². The number of nitrogens with zero attached hydrogens (tertiary/aromatic N) is 4. The van der Waals surface area contributed by atoms with Crippen molar-refractivity contribution in [1.82, 2.24) is 19.9 Å². The second-order valence-corrected chi connectivity index (χ2v) is 6.62. The summed E-state index contributed by atoms with van der Waals surface area (Å²) in [5, 5.41) is 8.18. The van der Waals surface area contributed by atoms with Crippen LogP contribution in [-0.2, 0) is 11.8 Å². The molecule has 0 aliphatic carbocycles. The minimum absolute atomic E-state index is 0.0121. The molecule has 1 aromatic carbocycles. The molecule has 2 atom stereocenters. The zero-order valence-electron chi connectivity index (χ0n) is 14.9. The number of ether oxygens (including phenoxy) is 3. The Morgan fingerprint density at radius 2 is 2.04 bits per heavy atom. The predicted molar refractivity (Wildman–Crippen MR) is 92.5 cm³/mol. The number of hydrogen-bond donors (Lipinski definition) is 0. The van der Waals surface area contributed by atoms with Gasteiger partial charge in [-0.2, -0.15) is 0 Å². The molecule has 0 spiro atoms. The van der Waals surface area contributed by atoms with E-state index in [1.54, 1.807) is 34.9 Å². The van der Waals surface area contributed by atoms with Gasteiger partial charge in [-0.05, 0) is 18.2 Å². The number of carbonyl (C=O) groups excluding carboxylic acids is 1. The van der Waals surface area contributed by atoms with Gasteiger partial charge in [-0.15, -0.1) is 5.10 Å². The zero-order chi connectivity index (χ0) is 18.1. The first-order valence-electron chi connectivity index (χ1n) is 8.73. The molecule has 26 heavy (non-hydrogen) atoms. The fourth-order valence-corrected chi connectivity index (χ4v) is 3.48. The Morgan fingerprint density at radius 3 is 2.77 bits per heavy atom. The summed E-state index contributed by atoms with van der Waals surface area (Å²) in [6.07, 6.45) is 2.61. The van der Waals surface area contributed by atoms with Gasteiger partial charge >= 0.3 is 0 Å². The molecule has 1 fully saturated rings. The van der Waals surface area contributed by atoms with Crippen molar-refractivity contribution in [2.45, 2.75) is 18.4 Å². The van der Waals surface area contributed by atoms with Crippen molar-refractivity contribution < 1.29 is 19.0 Å². The van der Waals surface area contributed by atoms with Crippen molar-refractivity contribution in [3.05, 3.63) is 35.7 Å². The first-order valence-corrected chi connectivity index (χ1v) is 8.73. The van der Waals surface area contributed by atoms with Gasteiger partial charge in [-0.1, -0.05) is 5.21 Å². The van der Waals surface area contributed by atoms with E-state index < -0.39 is 0 Å². The monoisotopic (exact) mass is 358 g/mol. The number of aryl methyl sites for hydroxylation is 1. The highest BCUT2D eigenvalue weighted by molar-refractivity contribution is 5.95. The van der Waals surface area contributed by atoms with E-state index in [1.165, 1.54) is 0 Å². The van der Waals surface area contributed by atoms with Crippen LogP contribution in [0.3, 0.4) is 0 Å². The minimum atomic E-state index is -0.101. The number of fused-ring (bicyclic) bond motifs is 1. The summed E-state index contributed by atoms with van der Waals surface area (Å²) < 4.78 is 18.6. The highest BCUT2D eigenvalue weighted by Crippen LogP contribution is 2.33. The normalized spacial score (nSPS) is 22.3. The molecule has 0 radical (unpaired) electrons. The molecule has 1 aromatic heterocycles. The summed E-state index contributed by atoms with van der Waals surface area (Å²) >= 11 is 0. The summed E-state index contributed by atoms with van der Waals surface area (Å²) in [6, 6.07) is 5.35. The Kier molecular flexibility index (Phi) is 4.50. The summed E-state index contributed by atoms with van der Waals surface area (Å²) in [5.41, 5.74) is 1.43. The number of benzene rings is 1. The third-order valence-corrected chi connectivity index (χ3v) is 4.85. The van der Waals surface area contributed by atoms with Crippen LogP contribution in [0.1, 0.15) is 28.4 Å². The van der Waals surface area contributed by atoms with Gasteiger partial charge in [0.1, 0.15) is 0 Å². The lowest BCUT2D eigenvalue weighted by atomic mass is 10.0. The van der Waals surface area contributed by atoms with Crippen LogP contribution < -0.4 is 9.47 Å². The number of hydrogen-bond acceptors (Lipinski definition) is 6. The number of aromatic nitrogens is 3. The van der Waals surface area contributed by atoms with Crippen LogP contribution >= 0.6 is 0 Å². The molecular formula is C18H22N4O4. The molecule has 8 nitrogen and oxygen atoms in total. The third kappa shape index (κ3) is 3.12. The molecule has 138 valence electrons. The standard InChI is InChI=1S/C18H22N4O4/c1-21-10-14(19-20-21)13-9-22(11-17(13)24-2)18(23)12-4-5-15-16(8-12)26-7-3-6-25-15/h4-5,8,10,13,17H,3,6-7,9,11H2,1-2H3/t13-,17+/m0/s1. The van der Waals surface area contributed by atoms with Crippen molar-refractivity contribution in [2.75, 3.05) is 33.4 Å². The molecule has 1 saturated heterocycles. The van der Waals surface area contributed by atoms with Crippen LogP contribution in [0.4, 0.5) is 0 Å². The molecule has 1 amide bonds. The van der Waals surface area contributed by atoms with Crippen LogP contribution in [-0.4, -0.2) is 65.3 Å². The molecule has 0 N–H and O–H groups in total. The highest BCUT2D eigenvalue weighted by atomic mass is 16.5. The van der Waals surface area contributed by atoms with Crippen LogP contribution in [0.25, 0.3) is 0 Å². The van der Waals surface area contributed by atoms with Crippen molar-refractivity contribution in [1.29, 1.82) is 0 Å². The van der Waals surface area contributed by atoms with Gasteiger partial charge in [-0.25, -0.2) is 0 Å². The highest BCUT2D eigenvalue weighted by Gasteiger charge is 2.38. The number of carbonyl (C=O) groups is 1. The first-order chi connectivity index (χ1) is 12.7. The maximum Gasteiger partial charge on any atom is 0.254 e. The van der Waals surface area contributed by atoms with E-state index in [9.17, 15) is 4.79 Å². The van der Waals surface area contributed by atoms with Crippen molar-refractivity contribution in [3.8, 4) is 11.5 Å². The molecular weight excluding hydrogens is 336 g/mol. The molecule has 2 aliphatic rings. The number of amides is 1. The lowest BCUT2D eigenvalue weighted by Crippen LogP contribution is -2.29. The largest absolute Gasteiger partial charge is 0.490 e. The Labute approximate surface area is 151 Å². The summed E-state index contributed by atoms with van der Waals surface area (Å²) in [5.74, 6) is 1.28. The van der Waals surface area contributed by atoms with E-state index in [1.807, 2.05) is 13.2 Å². The number of likely N-dealkylation sites (tertiary alicyclic amines) is 1. The summed E-state index contributed by atoms with van der Waals surface area (Å²) in [4.78, 5) is 14.8. The van der Waals surface area contributed by atoms with Gasteiger partial charge < -0.3 is 19.1 Å². The summed E-state index contributed by atoms with van der Waals surface area (Å²) in [7, 11) is 3.49. The molecule has 2 aromatic rings. The zero-order valence-corrected chi connectivity index (χ0v) is 14.9. The maximum absolute atomic E-state index is 13.0.